The first kappa shape index (κ1) is 20.1. The molecule has 0 radical (unpaired) electrons. The van der Waals surface area contributed by atoms with Crippen LogP contribution < -0.4 is 0 Å². The molecule has 8 nitrogen and oxygen atoms in total. The minimum absolute atomic E-state index is 0.0689. The fourth-order valence-corrected chi connectivity index (χ4v) is 4.23. The molecule has 1 aromatic carbocycles. The lowest BCUT2D eigenvalue weighted by Crippen LogP contribution is -2.41. The second-order valence-electron chi connectivity index (χ2n) is 7.99. The number of benzene rings is 1. The average Bonchev–Trinajstić information content (AvgIpc) is 3.62. The lowest BCUT2D eigenvalue weighted by Gasteiger charge is -2.28. The van der Waals surface area contributed by atoms with Crippen molar-refractivity contribution in [1.29, 1.82) is 0 Å². The van der Waals surface area contributed by atoms with E-state index in [1.807, 2.05) is 64.3 Å². The summed E-state index contributed by atoms with van der Waals surface area (Å²) in [5, 5.41) is 13.4. The van der Waals surface area contributed by atoms with E-state index in [1.54, 1.807) is 18.6 Å². The molecule has 5 rings (SSSR count). The largest absolute Gasteiger partial charge is 0.332 e. The third-order valence-corrected chi connectivity index (χ3v) is 5.91. The summed E-state index contributed by atoms with van der Waals surface area (Å²) < 4.78 is 1.89. The van der Waals surface area contributed by atoms with E-state index in [9.17, 15) is 4.79 Å². The maximum Gasteiger partial charge on any atom is 0.276 e. The SMILES string of the molecule is O=C(c1cnn(-c2ccccc2)n1)N(CCn1ccc(-c2ccncc2)n1)C1CCCC1. The first-order valence-corrected chi connectivity index (χ1v) is 11.0. The van der Waals surface area contributed by atoms with Crippen LogP contribution in [0.3, 0.4) is 0 Å². The van der Waals surface area contributed by atoms with Crippen LogP contribution in [-0.2, 0) is 6.54 Å². The summed E-state index contributed by atoms with van der Waals surface area (Å²) >= 11 is 0. The van der Waals surface area contributed by atoms with Crippen molar-refractivity contribution >= 4 is 5.91 Å². The zero-order valence-electron chi connectivity index (χ0n) is 17.8. The minimum atomic E-state index is -0.0689. The predicted molar refractivity (Wildman–Crippen MR) is 120 cm³/mol. The summed E-state index contributed by atoms with van der Waals surface area (Å²) in [7, 11) is 0. The van der Waals surface area contributed by atoms with Gasteiger partial charge in [-0.15, -0.1) is 5.10 Å². The number of hydrogen-bond donors (Lipinski definition) is 0. The fraction of sp³-hybridized carbons (Fsp3) is 0.292. The van der Waals surface area contributed by atoms with Crippen LogP contribution in [0.5, 0.6) is 0 Å². The molecule has 3 aromatic heterocycles. The highest BCUT2D eigenvalue weighted by molar-refractivity contribution is 5.92. The molecule has 3 heterocycles. The van der Waals surface area contributed by atoms with Crippen molar-refractivity contribution < 1.29 is 4.79 Å². The van der Waals surface area contributed by atoms with Gasteiger partial charge < -0.3 is 4.90 Å². The first-order chi connectivity index (χ1) is 15.8. The van der Waals surface area contributed by atoms with E-state index in [2.05, 4.69) is 20.3 Å². The van der Waals surface area contributed by atoms with Gasteiger partial charge in [-0.2, -0.15) is 15.0 Å². The van der Waals surface area contributed by atoms with Gasteiger partial charge in [0.2, 0.25) is 0 Å². The minimum Gasteiger partial charge on any atom is -0.332 e. The summed E-state index contributed by atoms with van der Waals surface area (Å²) in [6.07, 6.45) is 11.4. The molecule has 0 atom stereocenters. The zero-order valence-corrected chi connectivity index (χ0v) is 17.8. The van der Waals surface area contributed by atoms with Crippen LogP contribution in [0.15, 0.2) is 73.3 Å². The van der Waals surface area contributed by atoms with Crippen LogP contribution in [-0.4, -0.2) is 53.2 Å². The standard InChI is InChI=1S/C24H25N7O/c32-24(23-18-26-31(28-23)21-8-2-1-3-9-21)30(20-6-4-5-7-20)17-16-29-15-12-22(27-29)19-10-13-25-14-11-19/h1-3,8-15,18,20H,4-7,16-17H2. The molecule has 0 aliphatic heterocycles. The van der Waals surface area contributed by atoms with Gasteiger partial charge in [0.1, 0.15) is 0 Å². The molecule has 162 valence electrons. The van der Waals surface area contributed by atoms with Gasteiger partial charge >= 0.3 is 0 Å². The van der Waals surface area contributed by atoms with Gasteiger partial charge in [-0.3, -0.25) is 14.5 Å². The van der Waals surface area contributed by atoms with Gasteiger partial charge in [-0.1, -0.05) is 31.0 Å². The van der Waals surface area contributed by atoms with Crippen molar-refractivity contribution in [3.8, 4) is 16.9 Å². The second kappa shape index (κ2) is 9.13. The van der Waals surface area contributed by atoms with E-state index in [1.165, 1.54) is 4.80 Å². The summed E-state index contributed by atoms with van der Waals surface area (Å²) in [4.78, 5) is 20.9. The average molecular weight is 428 g/mol. The molecule has 0 N–H and O–H groups in total. The molecule has 1 amide bonds. The smallest absolute Gasteiger partial charge is 0.276 e. The second-order valence-corrected chi connectivity index (χ2v) is 7.99. The Morgan fingerprint density at radius 1 is 1.00 bits per heavy atom. The molecular weight excluding hydrogens is 402 g/mol. The maximum absolute atomic E-state index is 13.4. The quantitative estimate of drug-likeness (QED) is 0.450. The molecule has 0 spiro atoms. The van der Waals surface area contributed by atoms with Gasteiger partial charge in [0.15, 0.2) is 5.69 Å². The summed E-state index contributed by atoms with van der Waals surface area (Å²) in [5.74, 6) is -0.0689. The van der Waals surface area contributed by atoms with Crippen LogP contribution in [0.25, 0.3) is 16.9 Å². The van der Waals surface area contributed by atoms with Crippen LogP contribution >= 0.6 is 0 Å². The number of pyridine rings is 1. The highest BCUT2D eigenvalue weighted by atomic mass is 16.2. The zero-order chi connectivity index (χ0) is 21.8. The van der Waals surface area contributed by atoms with Crippen molar-refractivity contribution in [2.45, 2.75) is 38.3 Å². The van der Waals surface area contributed by atoms with Crippen LogP contribution in [0, 0.1) is 0 Å². The topological polar surface area (TPSA) is 81.7 Å². The van der Waals surface area contributed by atoms with Gasteiger partial charge in [-0.25, -0.2) is 0 Å². The number of carbonyl (C=O) groups excluding carboxylic acids is 1. The maximum atomic E-state index is 13.4. The first-order valence-electron chi connectivity index (χ1n) is 11.0. The molecule has 0 unspecified atom stereocenters. The Bertz CT molecular complexity index is 1160. The number of para-hydroxylation sites is 1. The Balaban J connectivity index is 1.32. The normalized spacial score (nSPS) is 14.0. The van der Waals surface area contributed by atoms with E-state index >= 15 is 0 Å². The predicted octanol–water partition coefficient (Wildman–Crippen LogP) is 3.61. The summed E-state index contributed by atoms with van der Waals surface area (Å²) in [5.41, 5.74) is 3.13. The lowest BCUT2D eigenvalue weighted by atomic mass is 10.2. The molecule has 32 heavy (non-hydrogen) atoms. The highest BCUT2D eigenvalue weighted by Gasteiger charge is 2.29. The van der Waals surface area contributed by atoms with E-state index in [0.29, 0.717) is 18.8 Å². The lowest BCUT2D eigenvalue weighted by molar-refractivity contribution is 0.0665. The van der Waals surface area contributed by atoms with E-state index in [4.69, 9.17) is 0 Å². The number of hydrogen-bond acceptors (Lipinski definition) is 5. The Hall–Kier alpha value is -3.81. The van der Waals surface area contributed by atoms with E-state index in [-0.39, 0.29) is 11.9 Å². The molecular formula is C24H25N7O. The monoisotopic (exact) mass is 427 g/mol. The molecule has 4 aromatic rings. The Kier molecular flexibility index (Phi) is 5.74. The van der Waals surface area contributed by atoms with Crippen molar-refractivity contribution in [3.05, 3.63) is 79.0 Å². The summed E-state index contributed by atoms with van der Waals surface area (Å²) in [6, 6.07) is 15.7. The Morgan fingerprint density at radius 3 is 2.56 bits per heavy atom. The number of nitrogens with zero attached hydrogens (tertiary/aromatic N) is 7. The molecule has 1 aliphatic carbocycles. The van der Waals surface area contributed by atoms with E-state index in [0.717, 1.165) is 42.6 Å². The third kappa shape index (κ3) is 4.30. The molecule has 0 saturated heterocycles. The van der Waals surface area contributed by atoms with E-state index < -0.39 is 0 Å². The molecule has 8 heteroatoms. The van der Waals surface area contributed by atoms with Gasteiger partial charge in [0.05, 0.1) is 24.1 Å². The van der Waals surface area contributed by atoms with Crippen molar-refractivity contribution in [3.63, 3.8) is 0 Å². The van der Waals surface area contributed by atoms with Gasteiger partial charge in [0.25, 0.3) is 5.91 Å². The molecule has 1 fully saturated rings. The number of rotatable bonds is 7. The number of aromatic nitrogens is 6. The number of carbonyl (C=O) groups is 1. The molecule has 1 aliphatic rings. The number of amides is 1. The Morgan fingerprint density at radius 2 is 1.78 bits per heavy atom. The van der Waals surface area contributed by atoms with Crippen LogP contribution in [0.2, 0.25) is 0 Å². The van der Waals surface area contributed by atoms with Gasteiger partial charge in [-0.05, 0) is 43.2 Å². The van der Waals surface area contributed by atoms with Crippen LogP contribution in [0.1, 0.15) is 36.2 Å². The van der Waals surface area contributed by atoms with Crippen LogP contribution in [0.4, 0.5) is 0 Å². The van der Waals surface area contributed by atoms with Gasteiger partial charge in [0, 0.05) is 36.7 Å². The third-order valence-electron chi connectivity index (χ3n) is 5.91. The van der Waals surface area contributed by atoms with Crippen molar-refractivity contribution in [2.24, 2.45) is 0 Å². The Labute approximate surface area is 186 Å². The van der Waals surface area contributed by atoms with Crippen molar-refractivity contribution in [1.82, 2.24) is 34.7 Å². The van der Waals surface area contributed by atoms with Crippen molar-refractivity contribution in [2.75, 3.05) is 6.54 Å². The molecule has 0 bridgehead atoms. The highest BCUT2D eigenvalue weighted by Crippen LogP contribution is 2.25. The molecule has 1 saturated carbocycles. The summed E-state index contributed by atoms with van der Waals surface area (Å²) in [6.45, 7) is 1.21. The fourth-order valence-electron chi connectivity index (χ4n) is 4.23.